The maximum Gasteiger partial charge on any atom is 0.258 e. The Morgan fingerprint density at radius 2 is 1.79 bits per heavy atom. The highest BCUT2D eigenvalue weighted by Crippen LogP contribution is 2.25. The molecule has 0 radical (unpaired) electrons. The number of fused-ring (bicyclic) bond motifs is 2. The highest BCUT2D eigenvalue weighted by Gasteiger charge is 2.31. The first-order valence-corrected chi connectivity index (χ1v) is 11.4. The molecule has 2 aromatic carbocycles. The maximum absolute atomic E-state index is 13.2. The van der Waals surface area contributed by atoms with Crippen molar-refractivity contribution in [2.75, 3.05) is 6.54 Å². The predicted octanol–water partition coefficient (Wildman–Crippen LogP) is 3.12. The molecule has 1 unspecified atom stereocenters. The summed E-state index contributed by atoms with van der Waals surface area (Å²) in [6, 6.07) is 21.1. The molecule has 0 spiro atoms. The van der Waals surface area contributed by atoms with E-state index in [0.29, 0.717) is 43.8 Å². The number of amides is 1. The van der Waals surface area contributed by atoms with Gasteiger partial charge in [0.15, 0.2) is 0 Å². The molecule has 0 saturated carbocycles. The van der Waals surface area contributed by atoms with Gasteiger partial charge in [-0.1, -0.05) is 42.5 Å². The van der Waals surface area contributed by atoms with Crippen molar-refractivity contribution in [3.05, 3.63) is 118 Å². The Morgan fingerprint density at radius 3 is 2.62 bits per heavy atom. The monoisotopic (exact) mass is 456 g/mol. The molecule has 4 aromatic rings. The number of benzene rings is 2. The number of hydrogen-bond acceptors (Lipinski definition) is 4. The number of carbonyl (C=O) groups excluding carboxylic acids is 1. The van der Waals surface area contributed by atoms with Crippen LogP contribution >= 0.6 is 0 Å². The number of carbonyl (C=O) groups is 1. The second-order valence-electron chi connectivity index (χ2n) is 8.58. The molecule has 172 valence electrons. The van der Waals surface area contributed by atoms with Crippen LogP contribution in [0.4, 0.5) is 4.39 Å². The highest BCUT2D eigenvalue weighted by molar-refractivity contribution is 5.82. The smallest absolute Gasteiger partial charge is 0.258 e. The van der Waals surface area contributed by atoms with E-state index in [4.69, 9.17) is 0 Å². The molecule has 0 fully saturated rings. The van der Waals surface area contributed by atoms with Gasteiger partial charge in [-0.3, -0.25) is 18.9 Å². The lowest BCUT2D eigenvalue weighted by Gasteiger charge is -2.35. The SMILES string of the molecule is O=C(NCCc1ccc(F)cc1)C1Cc2ccccc2CN1Cc1cc(=O)n2ccccc2n1. The van der Waals surface area contributed by atoms with Crippen LogP contribution in [-0.4, -0.2) is 32.8 Å². The summed E-state index contributed by atoms with van der Waals surface area (Å²) < 4.78 is 14.6. The summed E-state index contributed by atoms with van der Waals surface area (Å²) in [4.78, 5) is 32.5. The molecule has 0 saturated heterocycles. The van der Waals surface area contributed by atoms with E-state index >= 15 is 0 Å². The third-order valence-electron chi connectivity index (χ3n) is 6.26. The summed E-state index contributed by atoms with van der Waals surface area (Å²) in [5.74, 6) is -0.333. The molecule has 7 heteroatoms. The lowest BCUT2D eigenvalue weighted by Crippen LogP contribution is -2.50. The van der Waals surface area contributed by atoms with Crippen LogP contribution in [-0.2, 0) is 30.7 Å². The average Bonchev–Trinajstić information content (AvgIpc) is 2.85. The molecule has 1 N–H and O–H groups in total. The third kappa shape index (κ3) is 4.75. The van der Waals surface area contributed by atoms with E-state index in [-0.39, 0.29) is 23.3 Å². The van der Waals surface area contributed by atoms with Crippen LogP contribution in [0.15, 0.2) is 83.8 Å². The maximum atomic E-state index is 13.2. The second-order valence-corrected chi connectivity index (χ2v) is 8.58. The van der Waals surface area contributed by atoms with Crippen molar-refractivity contribution in [2.45, 2.75) is 32.0 Å². The Balaban J connectivity index is 1.35. The van der Waals surface area contributed by atoms with E-state index < -0.39 is 0 Å². The predicted molar refractivity (Wildman–Crippen MR) is 128 cm³/mol. The van der Waals surface area contributed by atoms with E-state index in [1.165, 1.54) is 28.2 Å². The third-order valence-corrected chi connectivity index (χ3v) is 6.26. The molecule has 5 rings (SSSR count). The van der Waals surface area contributed by atoms with Crippen molar-refractivity contribution in [3.63, 3.8) is 0 Å². The van der Waals surface area contributed by atoms with Crippen molar-refractivity contribution >= 4 is 11.6 Å². The van der Waals surface area contributed by atoms with Gasteiger partial charge in [0.25, 0.3) is 5.56 Å². The van der Waals surface area contributed by atoms with Crippen LogP contribution in [0.5, 0.6) is 0 Å². The highest BCUT2D eigenvalue weighted by atomic mass is 19.1. The molecule has 3 heterocycles. The lowest BCUT2D eigenvalue weighted by molar-refractivity contribution is -0.127. The van der Waals surface area contributed by atoms with Gasteiger partial charge in [0.05, 0.1) is 11.7 Å². The van der Waals surface area contributed by atoms with E-state index in [1.807, 2.05) is 18.2 Å². The van der Waals surface area contributed by atoms with Crippen LogP contribution in [0.1, 0.15) is 22.4 Å². The van der Waals surface area contributed by atoms with Gasteiger partial charge in [0.1, 0.15) is 11.5 Å². The average molecular weight is 457 g/mol. The normalized spacial score (nSPS) is 15.7. The van der Waals surface area contributed by atoms with Crippen LogP contribution in [0, 0.1) is 5.82 Å². The summed E-state index contributed by atoms with van der Waals surface area (Å²) in [6.45, 7) is 1.46. The first-order chi connectivity index (χ1) is 16.6. The van der Waals surface area contributed by atoms with Gasteiger partial charge in [0, 0.05) is 31.9 Å². The number of hydrogen-bond donors (Lipinski definition) is 1. The first-order valence-electron chi connectivity index (χ1n) is 11.4. The minimum absolute atomic E-state index is 0.0610. The van der Waals surface area contributed by atoms with Crippen molar-refractivity contribution in [1.29, 1.82) is 0 Å². The zero-order valence-electron chi connectivity index (χ0n) is 18.7. The number of pyridine rings is 1. The fourth-order valence-corrected chi connectivity index (χ4v) is 4.49. The van der Waals surface area contributed by atoms with Crippen molar-refractivity contribution < 1.29 is 9.18 Å². The van der Waals surface area contributed by atoms with Crippen LogP contribution in [0.2, 0.25) is 0 Å². The summed E-state index contributed by atoms with van der Waals surface area (Å²) in [6.07, 6.45) is 2.91. The Morgan fingerprint density at radius 1 is 1.03 bits per heavy atom. The van der Waals surface area contributed by atoms with Crippen LogP contribution in [0.25, 0.3) is 5.65 Å². The summed E-state index contributed by atoms with van der Waals surface area (Å²) in [5, 5.41) is 3.04. The number of halogens is 1. The minimum Gasteiger partial charge on any atom is -0.354 e. The molecule has 1 atom stereocenters. The molecular formula is C27H25FN4O2. The zero-order chi connectivity index (χ0) is 23.5. The minimum atomic E-state index is -0.376. The molecule has 2 aromatic heterocycles. The molecule has 0 bridgehead atoms. The number of rotatable bonds is 6. The number of nitrogens with one attached hydrogen (secondary N) is 1. The van der Waals surface area contributed by atoms with Gasteiger partial charge in [-0.25, -0.2) is 9.37 Å². The van der Waals surface area contributed by atoms with Crippen molar-refractivity contribution in [3.8, 4) is 0 Å². The molecule has 34 heavy (non-hydrogen) atoms. The van der Waals surface area contributed by atoms with Crippen molar-refractivity contribution in [1.82, 2.24) is 19.6 Å². The Bertz CT molecular complexity index is 1380. The molecule has 0 aliphatic carbocycles. The number of aromatic nitrogens is 2. The van der Waals surface area contributed by atoms with Gasteiger partial charge in [-0.2, -0.15) is 0 Å². The van der Waals surface area contributed by atoms with Crippen LogP contribution < -0.4 is 10.9 Å². The summed E-state index contributed by atoms with van der Waals surface area (Å²) >= 11 is 0. The van der Waals surface area contributed by atoms with Gasteiger partial charge >= 0.3 is 0 Å². The molecular weight excluding hydrogens is 431 g/mol. The second kappa shape index (κ2) is 9.57. The van der Waals surface area contributed by atoms with E-state index in [2.05, 4.69) is 27.3 Å². The standard InChI is InChI=1S/C27H25FN4O2/c28-22-10-8-19(9-11-22)12-13-29-27(34)24-15-20-5-1-2-6-21(20)17-31(24)18-23-16-26(33)32-14-4-3-7-25(32)30-23/h1-11,14,16,24H,12-13,15,17-18H2,(H,29,34). The molecule has 6 nitrogen and oxygen atoms in total. The first kappa shape index (κ1) is 22.0. The molecule has 1 aliphatic rings. The van der Waals surface area contributed by atoms with Gasteiger partial charge in [-0.05, 0) is 53.8 Å². The van der Waals surface area contributed by atoms with E-state index in [9.17, 15) is 14.0 Å². The Labute approximate surface area is 196 Å². The lowest BCUT2D eigenvalue weighted by atomic mass is 9.93. The van der Waals surface area contributed by atoms with Gasteiger partial charge < -0.3 is 5.32 Å². The van der Waals surface area contributed by atoms with Gasteiger partial charge in [-0.15, -0.1) is 0 Å². The fraction of sp³-hybridized carbons (Fsp3) is 0.222. The Kier molecular flexibility index (Phi) is 6.18. The van der Waals surface area contributed by atoms with E-state index in [1.54, 1.807) is 30.5 Å². The quantitative estimate of drug-likeness (QED) is 0.484. The molecule has 1 amide bonds. The fourth-order valence-electron chi connectivity index (χ4n) is 4.49. The van der Waals surface area contributed by atoms with Gasteiger partial charge in [0.2, 0.25) is 5.91 Å². The molecule has 1 aliphatic heterocycles. The van der Waals surface area contributed by atoms with Crippen molar-refractivity contribution in [2.24, 2.45) is 0 Å². The topological polar surface area (TPSA) is 66.7 Å². The number of nitrogens with zero attached hydrogens (tertiary/aromatic N) is 3. The van der Waals surface area contributed by atoms with Crippen LogP contribution in [0.3, 0.4) is 0 Å². The zero-order valence-corrected chi connectivity index (χ0v) is 18.7. The largest absolute Gasteiger partial charge is 0.354 e. The summed E-state index contributed by atoms with van der Waals surface area (Å²) in [7, 11) is 0. The van der Waals surface area contributed by atoms with E-state index in [0.717, 1.165) is 11.1 Å². The Hall–Kier alpha value is -3.84. The summed E-state index contributed by atoms with van der Waals surface area (Å²) in [5.41, 5.74) is 4.38.